The zero-order valence-corrected chi connectivity index (χ0v) is 15.3. The number of carbonyl (C=O) groups is 2. The van der Waals surface area contributed by atoms with E-state index in [9.17, 15) is 14.7 Å². The highest BCUT2D eigenvalue weighted by molar-refractivity contribution is 6.08. The van der Waals surface area contributed by atoms with Crippen molar-refractivity contribution >= 4 is 23.2 Å². The molecule has 0 bridgehead atoms. The Morgan fingerprint density at radius 3 is 2.46 bits per heavy atom. The third-order valence-corrected chi connectivity index (χ3v) is 4.85. The lowest BCUT2D eigenvalue weighted by atomic mass is 10.0. The first-order valence-electron chi connectivity index (χ1n) is 9.22. The van der Waals surface area contributed by atoms with E-state index in [1.165, 1.54) is 17.7 Å². The van der Waals surface area contributed by atoms with Crippen LogP contribution in [0.25, 0.3) is 0 Å². The largest absolute Gasteiger partial charge is 0.508 e. The fourth-order valence-electron chi connectivity index (χ4n) is 3.45. The van der Waals surface area contributed by atoms with E-state index in [0.29, 0.717) is 23.4 Å². The van der Waals surface area contributed by atoms with E-state index in [0.717, 1.165) is 18.5 Å². The van der Waals surface area contributed by atoms with Crippen LogP contribution in [0.15, 0.2) is 72.8 Å². The van der Waals surface area contributed by atoms with Crippen LogP contribution in [-0.4, -0.2) is 23.5 Å². The second-order valence-corrected chi connectivity index (χ2v) is 6.77. The monoisotopic (exact) mass is 372 g/mol. The summed E-state index contributed by atoms with van der Waals surface area (Å²) in [6, 6.07) is 21.0. The number of para-hydroxylation sites is 1. The molecule has 0 saturated carbocycles. The van der Waals surface area contributed by atoms with Crippen LogP contribution in [0.3, 0.4) is 0 Å². The molecular weight excluding hydrogens is 352 g/mol. The van der Waals surface area contributed by atoms with Gasteiger partial charge in [0.05, 0.1) is 0 Å². The number of aromatic hydroxyl groups is 1. The number of rotatable bonds is 3. The summed E-state index contributed by atoms with van der Waals surface area (Å²) in [5, 5.41) is 12.3. The molecule has 0 atom stereocenters. The number of phenolic OH excluding ortho intramolecular Hbond substituents is 1. The van der Waals surface area contributed by atoms with Gasteiger partial charge >= 0.3 is 0 Å². The Bertz CT molecular complexity index is 1030. The fraction of sp³-hybridized carbons (Fsp3) is 0.130. The maximum absolute atomic E-state index is 13.0. The minimum atomic E-state index is -0.320. The summed E-state index contributed by atoms with van der Waals surface area (Å²) in [6.45, 7) is 0.700. The van der Waals surface area contributed by atoms with Gasteiger partial charge in [-0.05, 0) is 66.9 Å². The van der Waals surface area contributed by atoms with Gasteiger partial charge < -0.3 is 15.3 Å². The van der Waals surface area contributed by atoms with Crippen molar-refractivity contribution < 1.29 is 14.7 Å². The predicted molar refractivity (Wildman–Crippen MR) is 109 cm³/mol. The van der Waals surface area contributed by atoms with Crippen LogP contribution in [0.2, 0.25) is 0 Å². The van der Waals surface area contributed by atoms with E-state index in [-0.39, 0.29) is 17.6 Å². The molecule has 1 aliphatic heterocycles. The molecule has 0 unspecified atom stereocenters. The normalized spacial score (nSPS) is 12.9. The van der Waals surface area contributed by atoms with Gasteiger partial charge in [0.1, 0.15) is 5.75 Å². The Morgan fingerprint density at radius 1 is 0.893 bits per heavy atom. The molecule has 0 saturated heterocycles. The molecule has 4 rings (SSSR count). The third-order valence-electron chi connectivity index (χ3n) is 4.85. The molecule has 5 heteroatoms. The number of hydrogen-bond donors (Lipinski definition) is 2. The van der Waals surface area contributed by atoms with Gasteiger partial charge in [-0.2, -0.15) is 0 Å². The number of hydrogen-bond acceptors (Lipinski definition) is 3. The summed E-state index contributed by atoms with van der Waals surface area (Å²) < 4.78 is 0. The Kier molecular flexibility index (Phi) is 4.81. The van der Waals surface area contributed by atoms with E-state index < -0.39 is 0 Å². The van der Waals surface area contributed by atoms with Gasteiger partial charge in [-0.3, -0.25) is 9.59 Å². The molecule has 28 heavy (non-hydrogen) atoms. The van der Waals surface area contributed by atoms with Crippen LogP contribution in [0.5, 0.6) is 5.75 Å². The number of aryl methyl sites for hydroxylation is 1. The Balaban J connectivity index is 1.49. The second kappa shape index (κ2) is 7.56. The number of amides is 2. The second-order valence-electron chi connectivity index (χ2n) is 6.77. The van der Waals surface area contributed by atoms with Crippen molar-refractivity contribution in [3.8, 4) is 5.75 Å². The van der Waals surface area contributed by atoms with E-state index in [1.807, 2.05) is 23.1 Å². The highest BCUT2D eigenvalue weighted by atomic mass is 16.3. The van der Waals surface area contributed by atoms with Crippen LogP contribution in [-0.2, 0) is 6.42 Å². The molecule has 2 N–H and O–H groups in total. The third kappa shape index (κ3) is 3.60. The molecule has 0 radical (unpaired) electrons. The summed E-state index contributed by atoms with van der Waals surface area (Å²) in [5.41, 5.74) is 3.69. The van der Waals surface area contributed by atoms with Crippen molar-refractivity contribution in [3.63, 3.8) is 0 Å². The average Bonchev–Trinajstić information content (AvgIpc) is 2.73. The molecule has 0 aliphatic carbocycles. The summed E-state index contributed by atoms with van der Waals surface area (Å²) in [6.07, 6.45) is 1.93. The molecule has 0 fully saturated rings. The predicted octanol–water partition coefficient (Wildman–Crippen LogP) is 4.24. The first-order valence-corrected chi connectivity index (χ1v) is 9.22. The molecule has 1 aliphatic rings. The number of carbonyl (C=O) groups excluding carboxylic acids is 2. The molecule has 0 spiro atoms. The fourth-order valence-corrected chi connectivity index (χ4v) is 3.45. The highest BCUT2D eigenvalue weighted by Crippen LogP contribution is 2.28. The SMILES string of the molecule is O=C(Nc1ccc(C(=O)N2CCCc3ccccc32)cc1)c1cccc(O)c1. The molecule has 5 nitrogen and oxygen atoms in total. The Labute approximate surface area is 163 Å². The van der Waals surface area contributed by atoms with Crippen molar-refractivity contribution in [1.82, 2.24) is 0 Å². The van der Waals surface area contributed by atoms with Crippen LogP contribution < -0.4 is 10.2 Å². The lowest BCUT2D eigenvalue weighted by Gasteiger charge is -2.29. The minimum absolute atomic E-state index is 0.0374. The quantitative estimate of drug-likeness (QED) is 0.723. The van der Waals surface area contributed by atoms with Gasteiger partial charge in [-0.15, -0.1) is 0 Å². The molecule has 140 valence electrons. The number of fused-ring (bicyclic) bond motifs is 1. The molecule has 3 aromatic carbocycles. The highest BCUT2D eigenvalue weighted by Gasteiger charge is 2.23. The van der Waals surface area contributed by atoms with E-state index in [1.54, 1.807) is 36.4 Å². The zero-order chi connectivity index (χ0) is 19.5. The Morgan fingerprint density at radius 2 is 1.68 bits per heavy atom. The van der Waals surface area contributed by atoms with E-state index in [2.05, 4.69) is 11.4 Å². The summed E-state index contributed by atoms with van der Waals surface area (Å²) >= 11 is 0. The summed E-state index contributed by atoms with van der Waals surface area (Å²) in [4.78, 5) is 27.1. The average molecular weight is 372 g/mol. The maximum Gasteiger partial charge on any atom is 0.258 e. The van der Waals surface area contributed by atoms with Gasteiger partial charge in [0, 0.05) is 29.0 Å². The zero-order valence-electron chi connectivity index (χ0n) is 15.3. The molecule has 2 amide bonds. The van der Waals surface area contributed by atoms with Gasteiger partial charge in [0.25, 0.3) is 11.8 Å². The van der Waals surface area contributed by atoms with Crippen LogP contribution in [0.4, 0.5) is 11.4 Å². The van der Waals surface area contributed by atoms with E-state index >= 15 is 0 Å². The number of nitrogens with zero attached hydrogens (tertiary/aromatic N) is 1. The van der Waals surface area contributed by atoms with Crippen LogP contribution in [0.1, 0.15) is 32.7 Å². The maximum atomic E-state index is 13.0. The number of benzene rings is 3. The summed E-state index contributed by atoms with van der Waals surface area (Å²) in [7, 11) is 0. The van der Waals surface area contributed by atoms with Crippen molar-refractivity contribution in [2.24, 2.45) is 0 Å². The number of nitrogens with one attached hydrogen (secondary N) is 1. The lowest BCUT2D eigenvalue weighted by Crippen LogP contribution is -2.35. The first kappa shape index (κ1) is 17.8. The topological polar surface area (TPSA) is 69.6 Å². The number of anilines is 2. The van der Waals surface area contributed by atoms with Crippen molar-refractivity contribution in [2.45, 2.75) is 12.8 Å². The van der Waals surface area contributed by atoms with Crippen molar-refractivity contribution in [2.75, 3.05) is 16.8 Å². The first-order chi connectivity index (χ1) is 13.6. The lowest BCUT2D eigenvalue weighted by molar-refractivity contribution is 0.0984. The van der Waals surface area contributed by atoms with Gasteiger partial charge in [0.15, 0.2) is 0 Å². The van der Waals surface area contributed by atoms with Crippen molar-refractivity contribution in [1.29, 1.82) is 0 Å². The Hall–Kier alpha value is -3.60. The van der Waals surface area contributed by atoms with E-state index in [4.69, 9.17) is 0 Å². The standard InChI is InChI=1S/C23H20N2O3/c26-20-8-3-6-18(15-20)22(27)24-19-12-10-17(11-13-19)23(28)25-14-4-7-16-5-1-2-9-21(16)25/h1-3,5-6,8-13,15,26H,4,7,14H2,(H,24,27). The number of phenols is 1. The summed E-state index contributed by atoms with van der Waals surface area (Å²) in [5.74, 6) is -0.326. The van der Waals surface area contributed by atoms with Gasteiger partial charge in [-0.1, -0.05) is 24.3 Å². The van der Waals surface area contributed by atoms with Crippen molar-refractivity contribution in [3.05, 3.63) is 89.5 Å². The molecular formula is C23H20N2O3. The van der Waals surface area contributed by atoms with Gasteiger partial charge in [0.2, 0.25) is 0 Å². The minimum Gasteiger partial charge on any atom is -0.508 e. The molecule has 1 heterocycles. The smallest absolute Gasteiger partial charge is 0.258 e. The van der Waals surface area contributed by atoms with Crippen LogP contribution >= 0.6 is 0 Å². The molecule has 3 aromatic rings. The van der Waals surface area contributed by atoms with Gasteiger partial charge in [-0.25, -0.2) is 0 Å². The van der Waals surface area contributed by atoms with Crippen LogP contribution in [0, 0.1) is 0 Å². The molecule has 0 aromatic heterocycles.